The van der Waals surface area contributed by atoms with E-state index < -0.39 is 32.7 Å². The van der Waals surface area contributed by atoms with Gasteiger partial charge in [-0.3, -0.25) is 4.57 Å². The molecule has 0 aromatic carbocycles. The van der Waals surface area contributed by atoms with Gasteiger partial charge in [0.25, 0.3) is 0 Å². The van der Waals surface area contributed by atoms with Crippen LogP contribution in [0.4, 0.5) is 0 Å². The van der Waals surface area contributed by atoms with Gasteiger partial charge < -0.3 is 14.0 Å². The lowest BCUT2D eigenvalue weighted by molar-refractivity contribution is 0.0420. The summed E-state index contributed by atoms with van der Waals surface area (Å²) in [6, 6.07) is 0. The van der Waals surface area contributed by atoms with Crippen LogP contribution in [-0.4, -0.2) is 43.8 Å². The molecule has 3 fully saturated rings. The standard InChI is InChI=1S/C15H27O4P/c1-11-5-7-18-15(11)13-4-3-9-20(16,10-13)19-14-6-8-17-12(14)2/h11-15H,3-10H2,1-2H3/t11-,12+,13-,14-,15-,20-/m0/s1/i2D,7T,8T/t7-,8-,11+,12-,13+,14+,15+,20+/m1. The Labute approximate surface area is 126 Å². The van der Waals surface area contributed by atoms with E-state index in [0.717, 1.165) is 19.3 Å². The fourth-order valence-corrected chi connectivity index (χ4v) is 6.39. The average Bonchev–Trinajstić information content (AvgIpc) is 3.00. The smallest absolute Gasteiger partial charge is 0.203 e. The lowest BCUT2D eigenvalue weighted by Gasteiger charge is -2.35. The monoisotopic (exact) mass is 307 g/mol. The summed E-state index contributed by atoms with van der Waals surface area (Å²) in [7, 11) is -2.78. The van der Waals surface area contributed by atoms with Gasteiger partial charge in [-0.2, -0.15) is 0 Å². The van der Waals surface area contributed by atoms with Gasteiger partial charge in [0.2, 0.25) is 7.37 Å². The molecular formula is C15H27O4P. The van der Waals surface area contributed by atoms with E-state index in [2.05, 4.69) is 6.92 Å². The van der Waals surface area contributed by atoms with Crippen molar-refractivity contribution in [2.24, 2.45) is 11.8 Å². The lowest BCUT2D eigenvalue weighted by atomic mass is 9.90. The van der Waals surface area contributed by atoms with E-state index in [0.29, 0.717) is 24.7 Å². The molecule has 0 N–H and O–H groups in total. The first-order valence-corrected chi connectivity index (χ1v) is 9.61. The van der Waals surface area contributed by atoms with E-state index in [-0.39, 0.29) is 18.9 Å². The highest BCUT2D eigenvalue weighted by molar-refractivity contribution is 7.59. The predicted molar refractivity (Wildman–Crippen MR) is 78.5 cm³/mol. The zero-order chi connectivity index (χ0) is 16.6. The number of hydrogen-bond acceptors (Lipinski definition) is 4. The van der Waals surface area contributed by atoms with Gasteiger partial charge in [-0.15, -0.1) is 0 Å². The van der Waals surface area contributed by atoms with Crippen LogP contribution in [0.1, 0.15) is 43.6 Å². The summed E-state index contributed by atoms with van der Waals surface area (Å²) in [5.74, 6) is 0.506. The van der Waals surface area contributed by atoms with Crippen LogP contribution >= 0.6 is 7.37 Å². The van der Waals surface area contributed by atoms with Gasteiger partial charge in [0.05, 0.1) is 21.1 Å². The van der Waals surface area contributed by atoms with Gasteiger partial charge in [0, 0.05) is 26.9 Å². The number of rotatable bonds is 3. The van der Waals surface area contributed by atoms with E-state index in [9.17, 15) is 4.57 Å². The zero-order valence-corrected chi connectivity index (χ0v) is 13.0. The molecule has 0 radical (unpaired) electrons. The van der Waals surface area contributed by atoms with E-state index in [1.54, 1.807) is 0 Å². The minimum atomic E-state index is -2.78. The van der Waals surface area contributed by atoms with Crippen molar-refractivity contribution in [3.8, 4) is 0 Å². The predicted octanol–water partition coefficient (Wildman–Crippen LogP) is 3.29. The first-order valence-electron chi connectivity index (χ1n) is 9.47. The molecule has 4 nitrogen and oxygen atoms in total. The summed E-state index contributed by atoms with van der Waals surface area (Å²) in [6.45, 7) is 1.000. The topological polar surface area (TPSA) is 44.8 Å². The summed E-state index contributed by atoms with van der Waals surface area (Å²) in [5.41, 5.74) is 0. The molecule has 5 heteroatoms. The molecule has 3 heterocycles. The molecule has 0 bridgehead atoms. The molecule has 3 saturated heterocycles. The average molecular weight is 307 g/mol. The van der Waals surface area contributed by atoms with Crippen LogP contribution in [0.3, 0.4) is 0 Å². The Bertz CT molecular complexity index is 466. The van der Waals surface area contributed by atoms with E-state index >= 15 is 0 Å². The van der Waals surface area contributed by atoms with Crippen LogP contribution in [-0.2, 0) is 18.6 Å². The third-order valence-electron chi connectivity index (χ3n) is 4.67. The van der Waals surface area contributed by atoms with Crippen LogP contribution < -0.4 is 0 Å². The van der Waals surface area contributed by atoms with E-state index in [1.165, 1.54) is 0 Å². The molecule has 3 rings (SSSR count). The van der Waals surface area contributed by atoms with Crippen LogP contribution in [0.25, 0.3) is 0 Å². The summed E-state index contributed by atoms with van der Waals surface area (Å²) in [6.07, 6.45) is 3.18. The quantitative estimate of drug-likeness (QED) is 0.751. The Balaban J connectivity index is 1.64. The molecule has 0 amide bonds. The highest BCUT2D eigenvalue weighted by atomic mass is 31.2. The van der Waals surface area contributed by atoms with Gasteiger partial charge in [0.1, 0.15) is 0 Å². The molecule has 0 aromatic rings. The second-order valence-corrected chi connectivity index (χ2v) is 8.98. The SMILES string of the molecule is [2H]C[C@H]1O[C@H]([3H])C[C@@H]1O[P@@]1(=O)CCC[C@H]([C@H]2O[C@H]([3H])C[C@@H]2C)C1. The van der Waals surface area contributed by atoms with Crippen molar-refractivity contribution in [1.29, 1.82) is 0 Å². The Morgan fingerprint density at radius 2 is 2.20 bits per heavy atom. The maximum Gasteiger partial charge on any atom is 0.203 e. The zero-order valence-electron chi connectivity index (χ0n) is 15.1. The largest absolute Gasteiger partial charge is 0.378 e. The Kier molecular flexibility index (Phi) is 3.54. The van der Waals surface area contributed by atoms with Gasteiger partial charge in [-0.05, 0) is 44.4 Å². The maximum absolute atomic E-state index is 13.2. The van der Waals surface area contributed by atoms with Crippen molar-refractivity contribution in [2.75, 3.05) is 25.5 Å². The summed E-state index contributed by atoms with van der Waals surface area (Å²) < 4.78 is 53.2. The molecule has 116 valence electrons. The third kappa shape index (κ3) is 3.14. The van der Waals surface area contributed by atoms with Crippen molar-refractivity contribution in [3.05, 3.63) is 0 Å². The van der Waals surface area contributed by atoms with Gasteiger partial charge in [-0.1, -0.05) is 6.92 Å². The lowest BCUT2D eigenvalue weighted by Crippen LogP contribution is -2.32. The normalized spacial score (nSPS) is 59.0. The van der Waals surface area contributed by atoms with Crippen LogP contribution in [0, 0.1) is 11.8 Å². The minimum absolute atomic E-state index is 0.00505. The third-order valence-corrected chi connectivity index (χ3v) is 7.35. The Morgan fingerprint density at radius 1 is 1.35 bits per heavy atom. The van der Waals surface area contributed by atoms with E-state index in [1.807, 2.05) is 0 Å². The minimum Gasteiger partial charge on any atom is -0.378 e. The molecule has 0 spiro atoms. The second kappa shape index (κ2) is 6.08. The van der Waals surface area contributed by atoms with Crippen molar-refractivity contribution < 1.29 is 22.7 Å². The maximum atomic E-state index is 13.2. The Morgan fingerprint density at radius 3 is 2.95 bits per heavy atom. The fourth-order valence-electron chi connectivity index (χ4n) is 3.53. The molecule has 0 unspecified atom stereocenters. The second-order valence-electron chi connectivity index (χ2n) is 6.32. The van der Waals surface area contributed by atoms with Crippen molar-refractivity contribution >= 4 is 7.37 Å². The molecule has 20 heavy (non-hydrogen) atoms. The molecule has 3 aliphatic heterocycles. The van der Waals surface area contributed by atoms with Crippen molar-refractivity contribution in [3.63, 3.8) is 0 Å². The molecule has 3 aliphatic rings. The Hall–Kier alpha value is 0.110. The van der Waals surface area contributed by atoms with Crippen molar-refractivity contribution in [2.45, 2.75) is 57.8 Å². The van der Waals surface area contributed by atoms with Crippen LogP contribution in [0.5, 0.6) is 0 Å². The van der Waals surface area contributed by atoms with Gasteiger partial charge >= 0.3 is 0 Å². The molecule has 0 saturated carbocycles. The molecule has 0 aromatic heterocycles. The van der Waals surface area contributed by atoms with Crippen LogP contribution in [0.15, 0.2) is 0 Å². The summed E-state index contributed by atoms with van der Waals surface area (Å²) in [4.78, 5) is 0. The first kappa shape index (κ1) is 11.6. The first-order chi connectivity index (χ1) is 10.9. The fraction of sp³-hybridized carbons (Fsp3) is 1.00. The molecule has 0 aliphatic carbocycles. The number of hydrogen-bond donors (Lipinski definition) is 0. The van der Waals surface area contributed by atoms with Gasteiger partial charge in [0.15, 0.2) is 0 Å². The van der Waals surface area contributed by atoms with Crippen molar-refractivity contribution in [1.82, 2.24) is 0 Å². The highest BCUT2D eigenvalue weighted by Crippen LogP contribution is 2.56. The number of ether oxygens (including phenoxy) is 2. The summed E-state index contributed by atoms with van der Waals surface area (Å²) in [5, 5.41) is 0. The van der Waals surface area contributed by atoms with E-state index in [4.69, 9.17) is 18.1 Å². The molecule has 8 atom stereocenters. The van der Waals surface area contributed by atoms with Gasteiger partial charge in [-0.25, -0.2) is 0 Å². The molecular weight excluding hydrogens is 275 g/mol. The highest BCUT2D eigenvalue weighted by Gasteiger charge is 2.42. The summed E-state index contributed by atoms with van der Waals surface area (Å²) >= 11 is 0. The van der Waals surface area contributed by atoms with Crippen LogP contribution in [0.2, 0.25) is 0 Å².